The van der Waals surface area contributed by atoms with Crippen LogP contribution in [0.1, 0.15) is 6.42 Å². The molecule has 10 heteroatoms. The third-order valence-electron chi connectivity index (χ3n) is 2.21. The third kappa shape index (κ3) is 5.68. The van der Waals surface area contributed by atoms with Gasteiger partial charge in [0, 0.05) is 6.26 Å². The molecule has 0 amide bonds. The largest absolute Gasteiger partial charge is 0.491 e. The van der Waals surface area contributed by atoms with E-state index in [0.29, 0.717) is 21.1 Å². The lowest BCUT2D eigenvalue weighted by atomic mass is 10.3. The zero-order valence-electron chi connectivity index (χ0n) is 10.5. The summed E-state index contributed by atoms with van der Waals surface area (Å²) in [5.74, 6) is 0.420. The fourth-order valence-corrected chi connectivity index (χ4v) is 4.26. The molecule has 0 saturated carbocycles. The van der Waals surface area contributed by atoms with Crippen LogP contribution in [0, 0.1) is 0 Å². The van der Waals surface area contributed by atoms with Gasteiger partial charge in [0.05, 0.1) is 26.2 Å². The van der Waals surface area contributed by atoms with Gasteiger partial charge in [-0.2, -0.15) is 0 Å². The maximum atomic E-state index is 11.2. The van der Waals surface area contributed by atoms with Crippen LogP contribution in [-0.4, -0.2) is 35.5 Å². The standard InChI is InChI=1S/C10H13Br2NO5S2/c1-19(14,15)4-2-3-18-10-8(11)5-7(6-9(10)12)20(13,16)17/h5-6H,2-4H2,1H3,(H2,13,16,17). The third-order valence-corrected chi connectivity index (χ3v) is 5.31. The molecule has 1 rings (SSSR count). The van der Waals surface area contributed by atoms with E-state index in [1.807, 2.05) is 0 Å². The second-order valence-electron chi connectivity index (χ2n) is 4.09. The summed E-state index contributed by atoms with van der Waals surface area (Å²) in [6, 6.07) is 2.65. The summed E-state index contributed by atoms with van der Waals surface area (Å²) in [4.78, 5) is -0.0558. The highest BCUT2D eigenvalue weighted by atomic mass is 79.9. The smallest absolute Gasteiger partial charge is 0.238 e. The average molecular weight is 451 g/mol. The molecule has 0 aliphatic carbocycles. The maximum absolute atomic E-state index is 11.2. The lowest BCUT2D eigenvalue weighted by molar-refractivity contribution is 0.313. The number of ether oxygens (including phenoxy) is 1. The van der Waals surface area contributed by atoms with Gasteiger partial charge >= 0.3 is 0 Å². The number of sulfonamides is 1. The minimum absolute atomic E-state index is 0.0253. The Hall–Kier alpha value is -0.160. The molecule has 0 aliphatic heterocycles. The molecule has 0 aromatic heterocycles. The number of benzene rings is 1. The molecule has 6 nitrogen and oxygen atoms in total. The van der Waals surface area contributed by atoms with Crippen LogP contribution in [0.4, 0.5) is 0 Å². The van der Waals surface area contributed by atoms with Crippen LogP contribution < -0.4 is 9.88 Å². The summed E-state index contributed by atoms with van der Waals surface area (Å²) >= 11 is 6.38. The Labute approximate surface area is 134 Å². The number of hydrogen-bond donors (Lipinski definition) is 1. The lowest BCUT2D eigenvalue weighted by Gasteiger charge is -2.11. The highest BCUT2D eigenvalue weighted by Crippen LogP contribution is 2.35. The van der Waals surface area contributed by atoms with Crippen molar-refractivity contribution in [2.45, 2.75) is 11.3 Å². The molecule has 0 atom stereocenters. The molecule has 0 spiro atoms. The van der Waals surface area contributed by atoms with Gasteiger partial charge in [0.25, 0.3) is 0 Å². The Morgan fingerprint density at radius 1 is 1.15 bits per heavy atom. The van der Waals surface area contributed by atoms with Crippen LogP contribution in [0.3, 0.4) is 0 Å². The number of hydrogen-bond acceptors (Lipinski definition) is 5. The first-order valence-electron chi connectivity index (χ1n) is 5.33. The molecule has 0 fully saturated rings. The monoisotopic (exact) mass is 449 g/mol. The Balaban J connectivity index is 2.83. The van der Waals surface area contributed by atoms with E-state index < -0.39 is 19.9 Å². The molecule has 1 aromatic rings. The van der Waals surface area contributed by atoms with Crippen molar-refractivity contribution in [2.24, 2.45) is 5.14 Å². The van der Waals surface area contributed by atoms with Crippen molar-refractivity contribution in [1.29, 1.82) is 0 Å². The number of primary sulfonamides is 1. The fourth-order valence-electron chi connectivity index (χ4n) is 1.33. The molecule has 0 bridgehead atoms. The van der Waals surface area contributed by atoms with Gasteiger partial charge in [0.2, 0.25) is 10.0 Å². The fraction of sp³-hybridized carbons (Fsp3) is 0.400. The van der Waals surface area contributed by atoms with Crippen LogP contribution in [-0.2, 0) is 19.9 Å². The topological polar surface area (TPSA) is 104 Å². The van der Waals surface area contributed by atoms with E-state index in [1.54, 1.807) is 0 Å². The first-order chi connectivity index (χ1) is 9.00. The predicted molar refractivity (Wildman–Crippen MR) is 83.0 cm³/mol. The molecule has 0 heterocycles. The number of rotatable bonds is 6. The highest BCUT2D eigenvalue weighted by Gasteiger charge is 2.15. The molecule has 114 valence electrons. The van der Waals surface area contributed by atoms with E-state index in [4.69, 9.17) is 9.88 Å². The summed E-state index contributed by atoms with van der Waals surface area (Å²) in [6.07, 6.45) is 1.49. The molecular weight excluding hydrogens is 438 g/mol. The van der Waals surface area contributed by atoms with Gasteiger partial charge < -0.3 is 4.74 Å². The second kappa shape index (κ2) is 6.73. The molecule has 20 heavy (non-hydrogen) atoms. The Morgan fingerprint density at radius 2 is 1.65 bits per heavy atom. The highest BCUT2D eigenvalue weighted by molar-refractivity contribution is 9.11. The quantitative estimate of drug-likeness (QED) is 0.664. The minimum atomic E-state index is -3.80. The van der Waals surface area contributed by atoms with E-state index in [0.717, 1.165) is 6.26 Å². The SMILES string of the molecule is CS(=O)(=O)CCCOc1c(Br)cc(S(N)(=O)=O)cc1Br. The minimum Gasteiger partial charge on any atom is -0.491 e. The summed E-state index contributed by atoms with van der Waals surface area (Å²) in [5, 5.41) is 5.04. The zero-order valence-corrected chi connectivity index (χ0v) is 15.3. The van der Waals surface area contributed by atoms with Crippen LogP contribution in [0.25, 0.3) is 0 Å². The van der Waals surface area contributed by atoms with Crippen molar-refractivity contribution in [3.8, 4) is 5.75 Å². The van der Waals surface area contributed by atoms with Gasteiger partial charge in [-0.15, -0.1) is 0 Å². The summed E-state index contributed by atoms with van der Waals surface area (Å²) < 4.78 is 50.7. The van der Waals surface area contributed by atoms with Gasteiger partial charge in [0.15, 0.2) is 0 Å². The molecule has 0 saturated heterocycles. The van der Waals surface area contributed by atoms with Gasteiger partial charge in [-0.05, 0) is 50.4 Å². The van der Waals surface area contributed by atoms with Gasteiger partial charge in [-0.3, -0.25) is 0 Å². The second-order valence-corrected chi connectivity index (χ2v) is 9.62. The van der Waals surface area contributed by atoms with Crippen molar-refractivity contribution in [2.75, 3.05) is 18.6 Å². The van der Waals surface area contributed by atoms with E-state index in [1.165, 1.54) is 12.1 Å². The average Bonchev–Trinajstić information content (AvgIpc) is 2.23. The molecule has 1 aromatic carbocycles. The molecular formula is C10H13Br2NO5S2. The van der Waals surface area contributed by atoms with Crippen LogP contribution in [0.15, 0.2) is 26.0 Å². The Morgan fingerprint density at radius 3 is 2.05 bits per heavy atom. The summed E-state index contributed by atoms with van der Waals surface area (Å²) in [5.41, 5.74) is 0. The molecule has 2 N–H and O–H groups in total. The zero-order chi connectivity index (χ0) is 15.6. The van der Waals surface area contributed by atoms with Crippen molar-refractivity contribution < 1.29 is 21.6 Å². The van der Waals surface area contributed by atoms with Crippen LogP contribution in [0.5, 0.6) is 5.75 Å². The first kappa shape index (κ1) is 17.9. The van der Waals surface area contributed by atoms with Gasteiger partial charge in [-0.1, -0.05) is 0 Å². The van der Waals surface area contributed by atoms with E-state index in [-0.39, 0.29) is 17.3 Å². The molecule has 0 unspecified atom stereocenters. The van der Waals surface area contributed by atoms with Gasteiger partial charge in [-0.25, -0.2) is 22.0 Å². The molecule has 0 aliphatic rings. The Kier molecular flexibility index (Phi) is 6.02. The molecule has 0 radical (unpaired) electrons. The summed E-state index contributed by atoms with van der Waals surface area (Å²) in [7, 11) is -6.83. The van der Waals surface area contributed by atoms with Crippen molar-refractivity contribution in [1.82, 2.24) is 0 Å². The maximum Gasteiger partial charge on any atom is 0.238 e. The lowest BCUT2D eigenvalue weighted by Crippen LogP contribution is -2.12. The van der Waals surface area contributed by atoms with Gasteiger partial charge in [0.1, 0.15) is 15.6 Å². The van der Waals surface area contributed by atoms with Crippen LogP contribution in [0.2, 0.25) is 0 Å². The van der Waals surface area contributed by atoms with Crippen molar-refractivity contribution >= 4 is 51.7 Å². The normalized spacial score (nSPS) is 12.4. The van der Waals surface area contributed by atoms with E-state index >= 15 is 0 Å². The Bertz CT molecular complexity index is 677. The number of halogens is 2. The van der Waals surface area contributed by atoms with Crippen LogP contribution >= 0.6 is 31.9 Å². The van der Waals surface area contributed by atoms with Crippen molar-refractivity contribution in [3.05, 3.63) is 21.1 Å². The first-order valence-corrected chi connectivity index (χ1v) is 10.5. The predicted octanol–water partition coefficient (Wildman–Crippen LogP) is 1.67. The number of nitrogens with two attached hydrogens (primary N) is 1. The van der Waals surface area contributed by atoms with Crippen molar-refractivity contribution in [3.63, 3.8) is 0 Å². The van der Waals surface area contributed by atoms with E-state index in [2.05, 4.69) is 31.9 Å². The summed E-state index contributed by atoms with van der Waals surface area (Å²) in [6.45, 7) is 0.193. The van der Waals surface area contributed by atoms with E-state index in [9.17, 15) is 16.8 Å². The number of sulfone groups is 1.